The van der Waals surface area contributed by atoms with E-state index in [0.29, 0.717) is 16.3 Å². The van der Waals surface area contributed by atoms with Gasteiger partial charge in [-0.05, 0) is 30.7 Å². The zero-order valence-corrected chi connectivity index (χ0v) is 12.1. The van der Waals surface area contributed by atoms with E-state index in [9.17, 15) is 9.50 Å². The molecule has 1 atom stereocenters. The Morgan fingerprint density at radius 3 is 2.76 bits per heavy atom. The van der Waals surface area contributed by atoms with Gasteiger partial charge in [0.2, 0.25) is 0 Å². The summed E-state index contributed by atoms with van der Waals surface area (Å²) in [7, 11) is 0. The molecule has 0 unspecified atom stereocenters. The first-order valence-electron chi connectivity index (χ1n) is 6.30. The van der Waals surface area contributed by atoms with Crippen molar-refractivity contribution in [1.29, 1.82) is 5.26 Å². The van der Waals surface area contributed by atoms with Gasteiger partial charge in [0.15, 0.2) is 0 Å². The van der Waals surface area contributed by atoms with E-state index in [1.807, 2.05) is 0 Å². The largest absolute Gasteiger partial charge is 0.487 e. The van der Waals surface area contributed by atoms with Gasteiger partial charge in [0, 0.05) is 5.56 Å². The first-order chi connectivity index (χ1) is 10.0. The highest BCUT2D eigenvalue weighted by Crippen LogP contribution is 2.28. The Balaban J connectivity index is 2.16. The van der Waals surface area contributed by atoms with Crippen LogP contribution in [-0.4, -0.2) is 5.11 Å². The quantitative estimate of drug-likeness (QED) is 0.929. The third-order valence-corrected chi connectivity index (χ3v) is 3.32. The third-order valence-electron chi connectivity index (χ3n) is 3.02. The van der Waals surface area contributed by atoms with Gasteiger partial charge in [-0.1, -0.05) is 29.8 Å². The van der Waals surface area contributed by atoms with Crippen LogP contribution < -0.4 is 4.74 Å². The minimum atomic E-state index is -0.624. The molecule has 0 heterocycles. The summed E-state index contributed by atoms with van der Waals surface area (Å²) in [6, 6.07) is 11.2. The van der Waals surface area contributed by atoms with Gasteiger partial charge >= 0.3 is 0 Å². The monoisotopic (exact) mass is 305 g/mol. The standard InChI is InChI=1S/C16H13ClFNO2/c1-10(20)11-5-6-15(14(17)7-11)21-9-13-4-2-3-12(8-19)16(13)18/h2-7,10,20H,9H2,1H3/t10-/m0/s1. The second-order valence-electron chi connectivity index (χ2n) is 4.54. The molecule has 0 saturated heterocycles. The van der Waals surface area contributed by atoms with E-state index in [0.717, 1.165) is 0 Å². The van der Waals surface area contributed by atoms with Crippen molar-refractivity contribution in [2.24, 2.45) is 0 Å². The highest BCUT2D eigenvalue weighted by Gasteiger charge is 2.10. The smallest absolute Gasteiger partial charge is 0.147 e. The molecule has 0 fully saturated rings. The molecule has 2 aromatic rings. The zero-order chi connectivity index (χ0) is 15.4. The molecular formula is C16H13ClFNO2. The summed E-state index contributed by atoms with van der Waals surface area (Å²) in [6.45, 7) is 1.60. The van der Waals surface area contributed by atoms with Gasteiger partial charge in [-0.15, -0.1) is 0 Å². The number of aliphatic hydroxyl groups excluding tert-OH is 1. The van der Waals surface area contributed by atoms with Crippen LogP contribution in [0, 0.1) is 17.1 Å². The Morgan fingerprint density at radius 1 is 1.38 bits per heavy atom. The van der Waals surface area contributed by atoms with E-state index in [-0.39, 0.29) is 17.7 Å². The average Bonchev–Trinajstić information content (AvgIpc) is 2.47. The fourth-order valence-corrected chi connectivity index (χ4v) is 2.07. The fourth-order valence-electron chi connectivity index (χ4n) is 1.83. The summed E-state index contributed by atoms with van der Waals surface area (Å²) in [5.74, 6) is -0.195. The van der Waals surface area contributed by atoms with Crippen LogP contribution in [0.15, 0.2) is 36.4 Å². The van der Waals surface area contributed by atoms with Crippen molar-refractivity contribution in [1.82, 2.24) is 0 Å². The van der Waals surface area contributed by atoms with Crippen LogP contribution in [0.1, 0.15) is 29.7 Å². The maximum absolute atomic E-state index is 13.9. The molecule has 108 valence electrons. The molecule has 3 nitrogen and oxygen atoms in total. The summed E-state index contributed by atoms with van der Waals surface area (Å²) in [4.78, 5) is 0. The predicted octanol–water partition coefficient (Wildman–Crippen LogP) is 3.98. The summed E-state index contributed by atoms with van der Waals surface area (Å²) in [5, 5.41) is 18.6. The maximum Gasteiger partial charge on any atom is 0.147 e. The lowest BCUT2D eigenvalue weighted by molar-refractivity contribution is 0.199. The van der Waals surface area contributed by atoms with Crippen molar-refractivity contribution in [3.8, 4) is 11.8 Å². The van der Waals surface area contributed by atoms with Crippen LogP contribution in [-0.2, 0) is 6.61 Å². The summed E-state index contributed by atoms with van der Waals surface area (Å²) >= 11 is 6.06. The van der Waals surface area contributed by atoms with Crippen molar-refractivity contribution in [2.75, 3.05) is 0 Å². The minimum Gasteiger partial charge on any atom is -0.487 e. The first kappa shape index (κ1) is 15.3. The van der Waals surface area contributed by atoms with E-state index in [2.05, 4.69) is 0 Å². The lowest BCUT2D eigenvalue weighted by atomic mass is 10.1. The van der Waals surface area contributed by atoms with E-state index in [4.69, 9.17) is 21.6 Å². The highest BCUT2D eigenvalue weighted by molar-refractivity contribution is 6.32. The molecule has 0 aromatic heterocycles. The van der Waals surface area contributed by atoms with Crippen molar-refractivity contribution < 1.29 is 14.2 Å². The topological polar surface area (TPSA) is 53.2 Å². The van der Waals surface area contributed by atoms with E-state index < -0.39 is 11.9 Å². The summed E-state index contributed by atoms with van der Waals surface area (Å²) < 4.78 is 19.4. The first-order valence-corrected chi connectivity index (χ1v) is 6.68. The Kier molecular flexibility index (Phi) is 4.79. The number of ether oxygens (including phenoxy) is 1. The Hall–Kier alpha value is -2.09. The zero-order valence-electron chi connectivity index (χ0n) is 11.3. The summed E-state index contributed by atoms with van der Waals surface area (Å²) in [5.41, 5.74) is 0.932. The molecule has 0 amide bonds. The van der Waals surface area contributed by atoms with Crippen LogP contribution in [0.5, 0.6) is 5.75 Å². The molecule has 0 spiro atoms. The van der Waals surface area contributed by atoms with Gasteiger partial charge in [0.05, 0.1) is 16.7 Å². The number of benzene rings is 2. The molecule has 2 rings (SSSR count). The number of nitriles is 1. The molecule has 2 aromatic carbocycles. The lowest BCUT2D eigenvalue weighted by Crippen LogP contribution is -2.01. The predicted molar refractivity (Wildman–Crippen MR) is 77.5 cm³/mol. The fraction of sp³-hybridized carbons (Fsp3) is 0.188. The van der Waals surface area contributed by atoms with Gasteiger partial charge in [0.1, 0.15) is 24.2 Å². The van der Waals surface area contributed by atoms with E-state index in [1.54, 1.807) is 43.3 Å². The Bertz CT molecular complexity index is 695. The van der Waals surface area contributed by atoms with Gasteiger partial charge in [-0.3, -0.25) is 0 Å². The van der Waals surface area contributed by atoms with Crippen molar-refractivity contribution in [3.63, 3.8) is 0 Å². The van der Waals surface area contributed by atoms with Crippen LogP contribution in [0.3, 0.4) is 0 Å². The second-order valence-corrected chi connectivity index (χ2v) is 4.95. The Morgan fingerprint density at radius 2 is 2.14 bits per heavy atom. The van der Waals surface area contributed by atoms with Crippen LogP contribution in [0.25, 0.3) is 0 Å². The van der Waals surface area contributed by atoms with E-state index >= 15 is 0 Å². The average molecular weight is 306 g/mol. The van der Waals surface area contributed by atoms with Gasteiger partial charge in [0.25, 0.3) is 0 Å². The molecule has 0 aliphatic heterocycles. The molecule has 0 radical (unpaired) electrons. The molecule has 1 N–H and O–H groups in total. The molecular weight excluding hydrogens is 293 g/mol. The SMILES string of the molecule is C[C@H](O)c1ccc(OCc2cccc(C#N)c2F)c(Cl)c1. The number of rotatable bonds is 4. The number of hydrogen-bond acceptors (Lipinski definition) is 3. The number of halogens is 2. The van der Waals surface area contributed by atoms with Crippen molar-refractivity contribution in [3.05, 3.63) is 63.9 Å². The summed E-state index contributed by atoms with van der Waals surface area (Å²) in [6.07, 6.45) is -0.624. The highest BCUT2D eigenvalue weighted by atomic mass is 35.5. The van der Waals surface area contributed by atoms with Crippen LogP contribution >= 0.6 is 11.6 Å². The molecule has 0 aliphatic carbocycles. The normalized spacial score (nSPS) is 11.8. The van der Waals surface area contributed by atoms with Crippen LogP contribution in [0.2, 0.25) is 5.02 Å². The van der Waals surface area contributed by atoms with E-state index in [1.165, 1.54) is 6.07 Å². The minimum absolute atomic E-state index is 0.0216. The van der Waals surface area contributed by atoms with Crippen LogP contribution in [0.4, 0.5) is 4.39 Å². The van der Waals surface area contributed by atoms with Gasteiger partial charge < -0.3 is 9.84 Å². The molecule has 0 bridgehead atoms. The number of nitrogens with zero attached hydrogens (tertiary/aromatic N) is 1. The van der Waals surface area contributed by atoms with Gasteiger partial charge in [-0.25, -0.2) is 4.39 Å². The number of aliphatic hydroxyl groups is 1. The van der Waals surface area contributed by atoms with Gasteiger partial charge in [-0.2, -0.15) is 5.26 Å². The molecule has 21 heavy (non-hydrogen) atoms. The lowest BCUT2D eigenvalue weighted by Gasteiger charge is -2.11. The Labute approximate surface area is 127 Å². The third kappa shape index (κ3) is 3.52. The second kappa shape index (κ2) is 6.57. The van der Waals surface area contributed by atoms with Crippen molar-refractivity contribution >= 4 is 11.6 Å². The molecule has 0 aliphatic rings. The number of hydrogen-bond donors (Lipinski definition) is 1. The van der Waals surface area contributed by atoms with Crippen molar-refractivity contribution in [2.45, 2.75) is 19.6 Å². The molecule has 0 saturated carbocycles. The maximum atomic E-state index is 13.9. The molecule has 5 heteroatoms.